The summed E-state index contributed by atoms with van der Waals surface area (Å²) in [6, 6.07) is 13.3. The summed E-state index contributed by atoms with van der Waals surface area (Å²) in [5.74, 6) is 0. The van der Waals surface area contributed by atoms with Gasteiger partial charge in [0.1, 0.15) is 0 Å². The summed E-state index contributed by atoms with van der Waals surface area (Å²) >= 11 is 0. The molecular formula is C20H19F3N4. The van der Waals surface area contributed by atoms with E-state index in [1.165, 1.54) is 12.1 Å². The molecule has 2 heterocycles. The van der Waals surface area contributed by atoms with E-state index in [2.05, 4.69) is 9.88 Å². The quantitative estimate of drug-likeness (QED) is 0.734. The average molecular weight is 372 g/mol. The Kier molecular flexibility index (Phi) is 4.30. The van der Waals surface area contributed by atoms with Crippen LogP contribution >= 0.6 is 0 Å². The Balaban J connectivity index is 1.56. The molecule has 1 fully saturated rings. The van der Waals surface area contributed by atoms with Crippen LogP contribution in [0.25, 0.3) is 10.9 Å². The van der Waals surface area contributed by atoms with Gasteiger partial charge in [-0.15, -0.1) is 0 Å². The van der Waals surface area contributed by atoms with Crippen molar-refractivity contribution < 1.29 is 13.2 Å². The number of hydrogen-bond donors (Lipinski definition) is 1. The Morgan fingerprint density at radius 1 is 0.889 bits per heavy atom. The first kappa shape index (κ1) is 17.5. The molecule has 0 saturated carbocycles. The van der Waals surface area contributed by atoms with Crippen LogP contribution in [0.2, 0.25) is 0 Å². The summed E-state index contributed by atoms with van der Waals surface area (Å²) in [6.07, 6.45) is -2.67. The lowest BCUT2D eigenvalue weighted by molar-refractivity contribution is -0.137. The molecule has 1 aromatic heterocycles. The van der Waals surface area contributed by atoms with Gasteiger partial charge in [-0.05, 0) is 24.3 Å². The van der Waals surface area contributed by atoms with E-state index in [4.69, 9.17) is 5.73 Å². The minimum atomic E-state index is -4.33. The minimum absolute atomic E-state index is 0.594. The van der Waals surface area contributed by atoms with Crippen molar-refractivity contribution in [3.8, 4) is 0 Å². The zero-order valence-corrected chi connectivity index (χ0v) is 14.6. The number of fused-ring (bicyclic) bond motifs is 1. The number of piperazine rings is 1. The van der Waals surface area contributed by atoms with Gasteiger partial charge < -0.3 is 15.5 Å². The van der Waals surface area contributed by atoms with Crippen LogP contribution < -0.4 is 15.5 Å². The van der Waals surface area contributed by atoms with Gasteiger partial charge in [-0.1, -0.05) is 24.3 Å². The highest BCUT2D eigenvalue weighted by Gasteiger charge is 2.31. The minimum Gasteiger partial charge on any atom is -0.396 e. The summed E-state index contributed by atoms with van der Waals surface area (Å²) in [6.45, 7) is 2.59. The highest BCUT2D eigenvalue weighted by atomic mass is 19.4. The molecular weight excluding hydrogens is 353 g/mol. The number of aromatic nitrogens is 1. The van der Waals surface area contributed by atoms with E-state index >= 15 is 0 Å². The number of nitrogens with zero attached hydrogens (tertiary/aromatic N) is 3. The fourth-order valence-electron chi connectivity index (χ4n) is 3.56. The first-order chi connectivity index (χ1) is 12.9. The van der Waals surface area contributed by atoms with Crippen LogP contribution in [0, 0.1) is 0 Å². The maximum absolute atomic E-state index is 13.0. The second kappa shape index (κ2) is 6.64. The van der Waals surface area contributed by atoms with Crippen LogP contribution in [-0.4, -0.2) is 31.2 Å². The highest BCUT2D eigenvalue weighted by molar-refractivity contribution is 5.97. The predicted molar refractivity (Wildman–Crippen MR) is 102 cm³/mol. The van der Waals surface area contributed by atoms with Crippen molar-refractivity contribution in [2.45, 2.75) is 6.18 Å². The zero-order chi connectivity index (χ0) is 19.0. The molecule has 0 unspecified atom stereocenters. The standard InChI is InChI=1S/C20H19F3N4/c21-20(22,23)14-4-3-5-15(12-14)26-8-10-27(11-9-26)19-16-6-1-2-7-18(16)25-13-17(19)24/h1-7,12-13H,8-11,24H2. The second-order valence-electron chi connectivity index (χ2n) is 6.60. The Hall–Kier alpha value is -2.96. The molecule has 140 valence electrons. The molecule has 2 N–H and O–H groups in total. The van der Waals surface area contributed by atoms with Gasteiger partial charge in [0.05, 0.1) is 28.7 Å². The molecule has 3 aromatic rings. The molecule has 4 nitrogen and oxygen atoms in total. The SMILES string of the molecule is Nc1cnc2ccccc2c1N1CCN(c2cccc(C(F)(F)F)c2)CC1. The lowest BCUT2D eigenvalue weighted by Gasteiger charge is -2.38. The van der Waals surface area contributed by atoms with E-state index < -0.39 is 11.7 Å². The zero-order valence-electron chi connectivity index (χ0n) is 14.6. The normalized spacial score (nSPS) is 15.4. The van der Waals surface area contributed by atoms with Gasteiger partial charge in [0, 0.05) is 37.3 Å². The molecule has 7 heteroatoms. The number of hydrogen-bond acceptors (Lipinski definition) is 4. The number of pyridine rings is 1. The maximum atomic E-state index is 13.0. The fraction of sp³-hybridized carbons (Fsp3) is 0.250. The first-order valence-electron chi connectivity index (χ1n) is 8.74. The topological polar surface area (TPSA) is 45.4 Å². The number of alkyl halides is 3. The van der Waals surface area contributed by atoms with Gasteiger partial charge >= 0.3 is 6.18 Å². The van der Waals surface area contributed by atoms with Gasteiger partial charge in [0.2, 0.25) is 0 Å². The molecule has 1 aliphatic heterocycles. The van der Waals surface area contributed by atoms with Crippen LogP contribution in [0.15, 0.2) is 54.7 Å². The summed E-state index contributed by atoms with van der Waals surface area (Å²) < 4.78 is 38.9. The van der Waals surface area contributed by atoms with Crippen molar-refractivity contribution in [1.82, 2.24) is 4.98 Å². The van der Waals surface area contributed by atoms with Crippen LogP contribution in [0.4, 0.5) is 30.2 Å². The van der Waals surface area contributed by atoms with Gasteiger partial charge in [-0.25, -0.2) is 0 Å². The lowest BCUT2D eigenvalue weighted by Crippen LogP contribution is -2.46. The Morgan fingerprint density at radius 2 is 1.59 bits per heavy atom. The molecule has 2 aromatic carbocycles. The van der Waals surface area contributed by atoms with Gasteiger partial charge in [-0.2, -0.15) is 13.2 Å². The number of anilines is 3. The summed E-state index contributed by atoms with van der Waals surface area (Å²) in [5.41, 5.74) is 8.60. The predicted octanol–water partition coefficient (Wildman–Crippen LogP) is 4.16. The maximum Gasteiger partial charge on any atom is 0.416 e. The molecule has 0 spiro atoms. The third kappa shape index (κ3) is 3.37. The molecule has 1 aliphatic rings. The molecule has 1 saturated heterocycles. The van der Waals surface area contributed by atoms with Crippen molar-refractivity contribution >= 4 is 28.0 Å². The Bertz CT molecular complexity index is 963. The largest absolute Gasteiger partial charge is 0.416 e. The summed E-state index contributed by atoms with van der Waals surface area (Å²) in [4.78, 5) is 8.52. The van der Waals surface area contributed by atoms with Crippen LogP contribution in [0.5, 0.6) is 0 Å². The van der Waals surface area contributed by atoms with Crippen LogP contribution in [-0.2, 0) is 6.18 Å². The summed E-state index contributed by atoms with van der Waals surface area (Å²) in [7, 11) is 0. The third-order valence-electron chi connectivity index (χ3n) is 4.91. The molecule has 4 rings (SSSR count). The van der Waals surface area contributed by atoms with Crippen molar-refractivity contribution in [2.75, 3.05) is 41.7 Å². The number of para-hydroxylation sites is 1. The average Bonchev–Trinajstić information content (AvgIpc) is 2.68. The van der Waals surface area contributed by atoms with Gasteiger partial charge in [-0.3, -0.25) is 4.98 Å². The number of rotatable bonds is 2. The smallest absolute Gasteiger partial charge is 0.396 e. The number of benzene rings is 2. The second-order valence-corrected chi connectivity index (χ2v) is 6.60. The Morgan fingerprint density at radius 3 is 2.33 bits per heavy atom. The van der Waals surface area contributed by atoms with E-state index in [-0.39, 0.29) is 0 Å². The van der Waals surface area contributed by atoms with E-state index in [1.807, 2.05) is 29.2 Å². The lowest BCUT2D eigenvalue weighted by atomic mass is 10.1. The van der Waals surface area contributed by atoms with Crippen molar-refractivity contribution in [3.63, 3.8) is 0 Å². The van der Waals surface area contributed by atoms with E-state index in [9.17, 15) is 13.2 Å². The van der Waals surface area contributed by atoms with Crippen LogP contribution in [0.1, 0.15) is 5.56 Å². The van der Waals surface area contributed by atoms with Gasteiger partial charge in [0.25, 0.3) is 0 Å². The van der Waals surface area contributed by atoms with Crippen molar-refractivity contribution in [1.29, 1.82) is 0 Å². The van der Waals surface area contributed by atoms with Gasteiger partial charge in [0.15, 0.2) is 0 Å². The van der Waals surface area contributed by atoms with Crippen molar-refractivity contribution in [2.24, 2.45) is 0 Å². The van der Waals surface area contributed by atoms with Crippen LogP contribution in [0.3, 0.4) is 0 Å². The molecule has 0 atom stereocenters. The molecule has 0 bridgehead atoms. The Labute approximate surface area is 155 Å². The number of nitrogens with two attached hydrogens (primary N) is 1. The third-order valence-corrected chi connectivity index (χ3v) is 4.91. The molecule has 0 aliphatic carbocycles. The number of nitrogen functional groups attached to an aromatic ring is 1. The monoisotopic (exact) mass is 372 g/mol. The van der Waals surface area contributed by atoms with E-state index in [1.54, 1.807) is 12.3 Å². The molecule has 0 amide bonds. The first-order valence-corrected chi connectivity index (χ1v) is 8.74. The number of halogens is 3. The van der Waals surface area contributed by atoms with E-state index in [0.29, 0.717) is 37.6 Å². The molecule has 0 radical (unpaired) electrons. The van der Waals surface area contributed by atoms with E-state index in [0.717, 1.165) is 22.7 Å². The van der Waals surface area contributed by atoms with Crippen molar-refractivity contribution in [3.05, 3.63) is 60.3 Å². The molecule has 27 heavy (non-hydrogen) atoms. The summed E-state index contributed by atoms with van der Waals surface area (Å²) in [5, 5.41) is 0.991. The fourth-order valence-corrected chi connectivity index (χ4v) is 3.56. The highest BCUT2D eigenvalue weighted by Crippen LogP contribution is 2.34.